The zero-order valence-corrected chi connectivity index (χ0v) is 8.80. The van der Waals surface area contributed by atoms with Gasteiger partial charge in [-0.25, -0.2) is 8.78 Å². The van der Waals surface area contributed by atoms with E-state index in [1.165, 1.54) is 30.3 Å². The van der Waals surface area contributed by atoms with Crippen LogP contribution in [0.2, 0.25) is 0 Å². The highest BCUT2D eigenvalue weighted by atomic mass is 19.1. The number of nitrogen functional groups attached to an aromatic ring is 1. The number of hydrogen-bond donors (Lipinski definition) is 1. The van der Waals surface area contributed by atoms with Gasteiger partial charge in [-0.15, -0.1) is 0 Å². The minimum atomic E-state index is -0.400. The van der Waals surface area contributed by atoms with Crippen LogP contribution in [0.25, 0.3) is 11.1 Å². The summed E-state index contributed by atoms with van der Waals surface area (Å²) >= 11 is 0. The van der Waals surface area contributed by atoms with Crippen molar-refractivity contribution in [3.8, 4) is 11.1 Å². The van der Waals surface area contributed by atoms with Crippen molar-refractivity contribution in [3.63, 3.8) is 0 Å². The molecule has 0 aliphatic heterocycles. The van der Waals surface area contributed by atoms with Gasteiger partial charge in [0.1, 0.15) is 11.6 Å². The van der Waals surface area contributed by atoms with Gasteiger partial charge in [-0.3, -0.25) is 0 Å². The molecule has 0 spiro atoms. The predicted molar refractivity (Wildman–Crippen MR) is 60.9 cm³/mol. The van der Waals surface area contributed by atoms with E-state index in [4.69, 9.17) is 5.73 Å². The quantitative estimate of drug-likeness (QED) is 0.729. The van der Waals surface area contributed by atoms with Crippen molar-refractivity contribution in [2.24, 2.45) is 0 Å². The minimum Gasteiger partial charge on any atom is -0.399 e. The normalized spacial score (nSPS) is 10.4. The highest BCUT2D eigenvalue weighted by molar-refractivity contribution is 5.70. The number of hydrogen-bond acceptors (Lipinski definition) is 1. The summed E-state index contributed by atoms with van der Waals surface area (Å²) in [6.45, 7) is 1.80. The maximum Gasteiger partial charge on any atom is 0.131 e. The third kappa shape index (κ3) is 1.89. The summed E-state index contributed by atoms with van der Waals surface area (Å²) in [5.41, 5.74) is 7.72. The maximum atomic E-state index is 13.6. The van der Waals surface area contributed by atoms with Crippen molar-refractivity contribution in [2.45, 2.75) is 6.92 Å². The van der Waals surface area contributed by atoms with Gasteiger partial charge in [-0.1, -0.05) is 6.07 Å². The summed E-state index contributed by atoms with van der Waals surface area (Å²) < 4.78 is 26.7. The fourth-order valence-electron chi connectivity index (χ4n) is 1.63. The predicted octanol–water partition coefficient (Wildman–Crippen LogP) is 3.52. The molecule has 0 unspecified atom stereocenters. The van der Waals surface area contributed by atoms with Gasteiger partial charge in [0.25, 0.3) is 0 Å². The van der Waals surface area contributed by atoms with E-state index in [9.17, 15) is 8.78 Å². The lowest BCUT2D eigenvalue weighted by Crippen LogP contribution is -1.92. The van der Waals surface area contributed by atoms with Crippen molar-refractivity contribution < 1.29 is 8.78 Å². The van der Waals surface area contributed by atoms with Gasteiger partial charge in [0.2, 0.25) is 0 Å². The Bertz CT molecular complexity index is 486. The number of aryl methyl sites for hydroxylation is 1. The van der Waals surface area contributed by atoms with Crippen LogP contribution in [-0.2, 0) is 0 Å². The van der Waals surface area contributed by atoms with Crippen molar-refractivity contribution >= 4 is 5.69 Å². The number of rotatable bonds is 1. The first-order chi connectivity index (χ1) is 7.58. The molecule has 0 fully saturated rings. The minimum absolute atomic E-state index is 0.331. The van der Waals surface area contributed by atoms with Gasteiger partial charge in [-0.2, -0.15) is 0 Å². The van der Waals surface area contributed by atoms with E-state index in [0.29, 0.717) is 16.8 Å². The van der Waals surface area contributed by atoms with Gasteiger partial charge in [0, 0.05) is 11.3 Å². The van der Waals surface area contributed by atoms with Crippen LogP contribution in [0.4, 0.5) is 14.5 Å². The second-order valence-corrected chi connectivity index (χ2v) is 3.70. The van der Waals surface area contributed by atoms with Crippen LogP contribution in [0.15, 0.2) is 36.4 Å². The smallest absolute Gasteiger partial charge is 0.131 e. The molecule has 0 radical (unpaired) electrons. The van der Waals surface area contributed by atoms with E-state index in [-0.39, 0.29) is 5.82 Å². The molecule has 0 bridgehead atoms. The summed E-state index contributed by atoms with van der Waals surface area (Å²) in [7, 11) is 0. The number of nitrogens with two attached hydrogens (primary N) is 1. The van der Waals surface area contributed by atoms with Crippen LogP contribution in [0.3, 0.4) is 0 Å². The molecule has 0 heterocycles. The molecule has 2 rings (SSSR count). The third-order valence-electron chi connectivity index (χ3n) is 2.48. The lowest BCUT2D eigenvalue weighted by molar-refractivity contribution is 0.624. The maximum absolute atomic E-state index is 13.6. The summed E-state index contributed by atoms with van der Waals surface area (Å²) in [4.78, 5) is 0. The standard InChI is InChI=1S/C13H11F2N/c1-8-2-3-9(14)6-11(8)12-7-10(16)4-5-13(12)15/h2-7H,16H2,1H3. The van der Waals surface area contributed by atoms with E-state index in [0.717, 1.165) is 5.56 Å². The summed E-state index contributed by atoms with van der Waals surface area (Å²) in [5, 5.41) is 0. The Morgan fingerprint density at radius 1 is 0.938 bits per heavy atom. The fourth-order valence-corrected chi connectivity index (χ4v) is 1.63. The highest BCUT2D eigenvalue weighted by Gasteiger charge is 2.09. The van der Waals surface area contributed by atoms with E-state index >= 15 is 0 Å². The first-order valence-corrected chi connectivity index (χ1v) is 4.89. The lowest BCUT2D eigenvalue weighted by Gasteiger charge is -2.08. The van der Waals surface area contributed by atoms with E-state index < -0.39 is 5.82 Å². The van der Waals surface area contributed by atoms with E-state index in [2.05, 4.69) is 0 Å². The fraction of sp³-hybridized carbons (Fsp3) is 0.0769. The molecule has 0 saturated carbocycles. The molecule has 82 valence electrons. The number of benzene rings is 2. The van der Waals surface area contributed by atoms with Gasteiger partial charge >= 0.3 is 0 Å². The average molecular weight is 219 g/mol. The Morgan fingerprint density at radius 2 is 1.69 bits per heavy atom. The van der Waals surface area contributed by atoms with Crippen LogP contribution in [-0.4, -0.2) is 0 Å². The number of anilines is 1. The second-order valence-electron chi connectivity index (χ2n) is 3.70. The topological polar surface area (TPSA) is 26.0 Å². The van der Waals surface area contributed by atoms with Crippen LogP contribution < -0.4 is 5.73 Å². The Hall–Kier alpha value is -1.90. The molecule has 0 aliphatic rings. The third-order valence-corrected chi connectivity index (χ3v) is 2.48. The molecular formula is C13H11F2N. The zero-order valence-electron chi connectivity index (χ0n) is 8.80. The first-order valence-electron chi connectivity index (χ1n) is 4.89. The summed E-state index contributed by atoms with van der Waals surface area (Å²) in [6, 6.07) is 8.56. The van der Waals surface area contributed by atoms with Gasteiger partial charge < -0.3 is 5.73 Å². The number of halogens is 2. The molecule has 0 amide bonds. The molecule has 0 aliphatic carbocycles. The first kappa shape index (κ1) is 10.6. The van der Waals surface area contributed by atoms with Crippen LogP contribution in [0.1, 0.15) is 5.56 Å². The molecule has 2 N–H and O–H groups in total. The van der Waals surface area contributed by atoms with Gasteiger partial charge in [0.15, 0.2) is 0 Å². The van der Waals surface area contributed by atoms with Crippen molar-refractivity contribution in [1.29, 1.82) is 0 Å². The van der Waals surface area contributed by atoms with Gasteiger partial charge in [0.05, 0.1) is 0 Å². The zero-order chi connectivity index (χ0) is 11.7. The molecule has 0 atom stereocenters. The Kier molecular flexibility index (Phi) is 2.60. The van der Waals surface area contributed by atoms with E-state index in [1.54, 1.807) is 13.0 Å². The van der Waals surface area contributed by atoms with Crippen LogP contribution >= 0.6 is 0 Å². The van der Waals surface area contributed by atoms with E-state index in [1.807, 2.05) is 0 Å². The van der Waals surface area contributed by atoms with Crippen LogP contribution in [0.5, 0.6) is 0 Å². The Balaban J connectivity index is 2.66. The molecule has 0 aromatic heterocycles. The summed E-state index contributed by atoms with van der Waals surface area (Å²) in [5.74, 6) is -0.787. The summed E-state index contributed by atoms with van der Waals surface area (Å²) in [6.07, 6.45) is 0. The molecule has 3 heteroatoms. The molecule has 1 nitrogen and oxygen atoms in total. The second kappa shape index (κ2) is 3.93. The lowest BCUT2D eigenvalue weighted by atomic mass is 9.99. The van der Waals surface area contributed by atoms with Crippen molar-refractivity contribution in [3.05, 3.63) is 53.6 Å². The molecule has 0 saturated heterocycles. The molecule has 2 aromatic rings. The van der Waals surface area contributed by atoms with Crippen molar-refractivity contribution in [2.75, 3.05) is 5.73 Å². The SMILES string of the molecule is Cc1ccc(F)cc1-c1cc(N)ccc1F. The Morgan fingerprint density at radius 3 is 2.44 bits per heavy atom. The monoisotopic (exact) mass is 219 g/mol. The molecule has 2 aromatic carbocycles. The van der Waals surface area contributed by atoms with Crippen LogP contribution in [0, 0.1) is 18.6 Å². The molecule has 16 heavy (non-hydrogen) atoms. The van der Waals surface area contributed by atoms with Gasteiger partial charge in [-0.05, 0) is 48.4 Å². The molecular weight excluding hydrogens is 208 g/mol. The van der Waals surface area contributed by atoms with Crippen molar-refractivity contribution in [1.82, 2.24) is 0 Å². The highest BCUT2D eigenvalue weighted by Crippen LogP contribution is 2.28. The Labute approximate surface area is 92.5 Å². The average Bonchev–Trinajstić information content (AvgIpc) is 2.25. The largest absolute Gasteiger partial charge is 0.399 e.